The second kappa shape index (κ2) is 6.23. The Morgan fingerprint density at radius 1 is 1.38 bits per heavy atom. The molecule has 116 valence electrons. The maximum absolute atomic E-state index is 12.6. The highest BCUT2D eigenvalue weighted by atomic mass is 35.5. The minimum Gasteiger partial charge on any atom is -0.494 e. The molecule has 1 aliphatic carbocycles. The molecule has 0 bridgehead atoms. The van der Waals surface area contributed by atoms with Gasteiger partial charge in [-0.3, -0.25) is 0 Å². The van der Waals surface area contributed by atoms with Gasteiger partial charge in [0.25, 0.3) is 0 Å². The molecule has 2 rings (SSSR count). The molecule has 5 nitrogen and oxygen atoms in total. The molecule has 1 N–H and O–H groups in total. The normalized spacial score (nSPS) is 16.1. The lowest BCUT2D eigenvalue weighted by Crippen LogP contribution is -2.16. The highest BCUT2D eigenvalue weighted by molar-refractivity contribution is 7.91. The Kier molecular flexibility index (Phi) is 4.78. The molecule has 0 aliphatic heterocycles. The number of aromatic carboxylic acids is 1. The van der Waals surface area contributed by atoms with Gasteiger partial charge in [0, 0.05) is 5.02 Å². The summed E-state index contributed by atoms with van der Waals surface area (Å²) in [7, 11) is -2.38. The van der Waals surface area contributed by atoms with E-state index in [0.717, 1.165) is 25.7 Å². The van der Waals surface area contributed by atoms with Crippen molar-refractivity contribution in [3.8, 4) is 5.75 Å². The smallest absolute Gasteiger partial charge is 0.339 e. The van der Waals surface area contributed by atoms with E-state index in [1.807, 2.05) is 0 Å². The fourth-order valence-corrected chi connectivity index (χ4v) is 4.94. The number of hydrogen-bond donors (Lipinski definition) is 1. The third kappa shape index (κ3) is 3.49. The van der Waals surface area contributed by atoms with E-state index in [-0.39, 0.29) is 32.9 Å². The van der Waals surface area contributed by atoms with Crippen LogP contribution in [-0.2, 0) is 9.84 Å². The van der Waals surface area contributed by atoms with Crippen LogP contribution in [0.1, 0.15) is 36.0 Å². The minimum absolute atomic E-state index is 0.00274. The number of carbonyl (C=O) groups is 1. The van der Waals surface area contributed by atoms with Crippen LogP contribution in [0.4, 0.5) is 0 Å². The molecule has 0 aromatic heterocycles. The molecule has 1 fully saturated rings. The fraction of sp³-hybridized carbons (Fsp3) is 0.500. The van der Waals surface area contributed by atoms with Gasteiger partial charge in [-0.2, -0.15) is 0 Å². The molecule has 1 aromatic rings. The second-order valence-electron chi connectivity index (χ2n) is 5.22. The summed E-state index contributed by atoms with van der Waals surface area (Å²) in [6, 6.07) is 2.45. The van der Waals surface area contributed by atoms with Gasteiger partial charge in [0.2, 0.25) is 0 Å². The molecular formula is C14H17ClO5S. The van der Waals surface area contributed by atoms with Gasteiger partial charge in [0.1, 0.15) is 10.5 Å². The van der Waals surface area contributed by atoms with Crippen molar-refractivity contribution in [2.45, 2.75) is 30.6 Å². The Hall–Kier alpha value is -1.27. The second-order valence-corrected chi connectivity index (χ2v) is 7.66. The Morgan fingerprint density at radius 3 is 2.52 bits per heavy atom. The van der Waals surface area contributed by atoms with Crippen LogP contribution in [0.15, 0.2) is 17.0 Å². The van der Waals surface area contributed by atoms with Gasteiger partial charge in [-0.25, -0.2) is 13.2 Å². The van der Waals surface area contributed by atoms with Crippen LogP contribution >= 0.6 is 11.6 Å². The summed E-state index contributed by atoms with van der Waals surface area (Å²) in [5, 5.41) is 9.23. The van der Waals surface area contributed by atoms with Gasteiger partial charge in [-0.05, 0) is 30.9 Å². The van der Waals surface area contributed by atoms with Gasteiger partial charge in [-0.15, -0.1) is 0 Å². The zero-order valence-electron chi connectivity index (χ0n) is 11.6. The molecule has 21 heavy (non-hydrogen) atoms. The maximum Gasteiger partial charge on any atom is 0.339 e. The van der Waals surface area contributed by atoms with Gasteiger partial charge in [0.15, 0.2) is 15.6 Å². The maximum atomic E-state index is 12.6. The third-order valence-corrected chi connectivity index (χ3v) is 5.82. The molecule has 0 heterocycles. The first-order valence-electron chi connectivity index (χ1n) is 6.68. The van der Waals surface area contributed by atoms with E-state index in [1.165, 1.54) is 19.2 Å². The standard InChI is InChI=1S/C14H17ClO5S/c1-20-13-11(14(16)17)6-10(15)7-12(13)21(18,19)8-9-4-2-3-5-9/h6-7,9H,2-5,8H2,1H3,(H,16,17). The quantitative estimate of drug-likeness (QED) is 0.896. The van der Waals surface area contributed by atoms with Gasteiger partial charge < -0.3 is 9.84 Å². The summed E-state index contributed by atoms with van der Waals surface area (Å²) in [4.78, 5) is 11.1. The monoisotopic (exact) mass is 332 g/mol. The molecule has 0 atom stereocenters. The predicted octanol–water partition coefficient (Wildman–Crippen LogP) is 3.01. The molecule has 0 unspecified atom stereocenters. The first-order valence-corrected chi connectivity index (χ1v) is 8.71. The van der Waals surface area contributed by atoms with E-state index in [9.17, 15) is 13.2 Å². The lowest BCUT2D eigenvalue weighted by Gasteiger charge is -2.15. The zero-order chi connectivity index (χ0) is 15.6. The van der Waals surface area contributed by atoms with Crippen molar-refractivity contribution in [2.75, 3.05) is 12.9 Å². The van der Waals surface area contributed by atoms with E-state index in [4.69, 9.17) is 21.4 Å². The predicted molar refractivity (Wildman–Crippen MR) is 79.0 cm³/mol. The number of rotatable bonds is 5. The first kappa shape index (κ1) is 16.1. The van der Waals surface area contributed by atoms with Crippen molar-refractivity contribution < 1.29 is 23.1 Å². The van der Waals surface area contributed by atoms with Crippen molar-refractivity contribution >= 4 is 27.4 Å². The van der Waals surface area contributed by atoms with Gasteiger partial charge >= 0.3 is 5.97 Å². The van der Waals surface area contributed by atoms with Crippen LogP contribution in [0, 0.1) is 5.92 Å². The highest BCUT2D eigenvalue weighted by Crippen LogP contribution is 2.35. The molecule has 1 saturated carbocycles. The van der Waals surface area contributed by atoms with Crippen LogP contribution in [0.3, 0.4) is 0 Å². The molecule has 0 spiro atoms. The summed E-state index contributed by atoms with van der Waals surface area (Å²) in [6.07, 6.45) is 3.84. The molecule has 7 heteroatoms. The summed E-state index contributed by atoms with van der Waals surface area (Å²) >= 11 is 5.86. The Morgan fingerprint density at radius 2 is 2.00 bits per heavy atom. The number of methoxy groups -OCH3 is 1. The lowest BCUT2D eigenvalue weighted by atomic mass is 10.1. The number of sulfone groups is 1. The van der Waals surface area contributed by atoms with Gasteiger partial charge in [0.05, 0.1) is 12.9 Å². The van der Waals surface area contributed by atoms with E-state index in [2.05, 4.69) is 0 Å². The summed E-state index contributed by atoms with van der Waals surface area (Å²) in [5.41, 5.74) is -0.241. The number of halogens is 1. The molecule has 0 radical (unpaired) electrons. The molecule has 1 aromatic carbocycles. The summed E-state index contributed by atoms with van der Waals surface area (Å²) in [5.74, 6) is -1.30. The highest BCUT2D eigenvalue weighted by Gasteiger charge is 2.29. The van der Waals surface area contributed by atoms with E-state index in [1.54, 1.807) is 0 Å². The number of carboxylic acids is 1. The largest absolute Gasteiger partial charge is 0.494 e. The van der Waals surface area contributed by atoms with E-state index >= 15 is 0 Å². The molecule has 0 amide bonds. The average molecular weight is 333 g/mol. The van der Waals surface area contributed by atoms with Crippen molar-refractivity contribution in [1.82, 2.24) is 0 Å². The van der Waals surface area contributed by atoms with E-state index in [0.29, 0.717) is 0 Å². The fourth-order valence-electron chi connectivity index (χ4n) is 2.75. The Bertz CT molecular complexity index is 648. The topological polar surface area (TPSA) is 80.7 Å². The molecular weight excluding hydrogens is 316 g/mol. The van der Waals surface area contributed by atoms with Crippen LogP contribution < -0.4 is 4.74 Å². The van der Waals surface area contributed by atoms with Crippen molar-refractivity contribution in [3.63, 3.8) is 0 Å². The zero-order valence-corrected chi connectivity index (χ0v) is 13.2. The summed E-state index contributed by atoms with van der Waals surface area (Å²) in [6.45, 7) is 0. The number of carboxylic acid groups (broad SMARTS) is 1. The molecule has 0 saturated heterocycles. The molecule has 1 aliphatic rings. The summed E-state index contributed by atoms with van der Waals surface area (Å²) < 4.78 is 30.2. The minimum atomic E-state index is -3.64. The van der Waals surface area contributed by atoms with Crippen molar-refractivity contribution in [3.05, 3.63) is 22.7 Å². The van der Waals surface area contributed by atoms with Crippen LogP contribution in [0.2, 0.25) is 5.02 Å². The van der Waals surface area contributed by atoms with Crippen LogP contribution in [-0.4, -0.2) is 32.4 Å². The number of hydrogen-bond acceptors (Lipinski definition) is 4. The van der Waals surface area contributed by atoms with E-state index < -0.39 is 15.8 Å². The number of ether oxygens (including phenoxy) is 1. The van der Waals surface area contributed by atoms with Crippen LogP contribution in [0.25, 0.3) is 0 Å². The Balaban J connectivity index is 2.48. The Labute approximate surface area is 128 Å². The SMILES string of the molecule is COc1c(C(=O)O)cc(Cl)cc1S(=O)(=O)CC1CCCC1. The van der Waals surface area contributed by atoms with Gasteiger partial charge in [-0.1, -0.05) is 24.4 Å². The third-order valence-electron chi connectivity index (χ3n) is 3.72. The first-order chi connectivity index (χ1) is 9.85. The lowest BCUT2D eigenvalue weighted by molar-refractivity contribution is 0.0693. The van der Waals surface area contributed by atoms with Crippen molar-refractivity contribution in [1.29, 1.82) is 0 Å². The average Bonchev–Trinajstić information content (AvgIpc) is 2.89. The van der Waals surface area contributed by atoms with Crippen molar-refractivity contribution in [2.24, 2.45) is 5.92 Å². The van der Waals surface area contributed by atoms with Crippen LogP contribution in [0.5, 0.6) is 5.75 Å². The number of benzene rings is 1.